The van der Waals surface area contributed by atoms with Crippen LogP contribution in [-0.4, -0.2) is 113 Å². The fourth-order valence-corrected chi connectivity index (χ4v) is 4.20. The molecular formula is C27H32O15. The highest BCUT2D eigenvalue weighted by atomic mass is 16.8. The zero-order valence-electron chi connectivity index (χ0n) is 22.6. The van der Waals surface area contributed by atoms with E-state index in [4.69, 9.17) is 23.7 Å². The Kier molecular flexibility index (Phi) is 11.4. The Morgan fingerprint density at radius 2 is 1.81 bits per heavy atom. The summed E-state index contributed by atoms with van der Waals surface area (Å²) in [6, 6.07) is 4.39. The van der Waals surface area contributed by atoms with E-state index in [1.165, 1.54) is 37.5 Å². The maximum absolute atomic E-state index is 12.3. The van der Waals surface area contributed by atoms with E-state index in [1.54, 1.807) is 0 Å². The van der Waals surface area contributed by atoms with Crippen molar-refractivity contribution in [1.82, 2.24) is 0 Å². The molecule has 3 rings (SSSR count). The summed E-state index contributed by atoms with van der Waals surface area (Å²) in [5.41, 5.74) is 0.146. The van der Waals surface area contributed by atoms with Crippen molar-refractivity contribution >= 4 is 24.0 Å². The third-order valence-corrected chi connectivity index (χ3v) is 6.48. The number of carboxylic acids is 1. The molecule has 1 saturated heterocycles. The van der Waals surface area contributed by atoms with Crippen LogP contribution in [-0.2, 0) is 38.1 Å². The molecule has 6 N–H and O–H groups in total. The minimum absolute atomic E-state index is 0.0164. The molecule has 7 atom stereocenters. The Bertz CT molecular complexity index is 1220. The Hall–Kier alpha value is -3.99. The quantitative estimate of drug-likeness (QED) is 0.104. The van der Waals surface area contributed by atoms with E-state index in [-0.39, 0.29) is 22.6 Å². The van der Waals surface area contributed by atoms with Crippen molar-refractivity contribution in [2.75, 3.05) is 27.4 Å². The van der Waals surface area contributed by atoms with E-state index < -0.39 is 80.5 Å². The second kappa shape index (κ2) is 14.8. The van der Waals surface area contributed by atoms with Gasteiger partial charge in [-0.3, -0.25) is 4.79 Å². The van der Waals surface area contributed by atoms with Crippen molar-refractivity contribution in [1.29, 1.82) is 0 Å². The second-order valence-corrected chi connectivity index (χ2v) is 9.11. The SMILES string of the molecule is COC(=O)C[C@@H]1C(C(=O)O)=CO[C@@H](O[C@H]2O[C@H](CO)[C@@H](O)[C@H](O)[C@H]2O)C1=CCOC(=O)C=Cc1ccc(O)c(OC)c1. The van der Waals surface area contributed by atoms with E-state index in [9.17, 15) is 45.0 Å². The molecule has 2 aliphatic heterocycles. The molecule has 1 aromatic rings. The molecule has 0 saturated carbocycles. The summed E-state index contributed by atoms with van der Waals surface area (Å²) in [6.45, 7) is -1.17. The van der Waals surface area contributed by atoms with Crippen LogP contribution in [0.25, 0.3) is 6.08 Å². The number of aromatic hydroxyl groups is 1. The first kappa shape index (κ1) is 32.5. The Labute approximate surface area is 239 Å². The number of benzene rings is 1. The first-order valence-corrected chi connectivity index (χ1v) is 12.5. The highest BCUT2D eigenvalue weighted by Gasteiger charge is 2.46. The van der Waals surface area contributed by atoms with Gasteiger partial charge in [0, 0.05) is 17.6 Å². The lowest BCUT2D eigenvalue weighted by atomic mass is 9.86. The molecule has 0 bridgehead atoms. The summed E-state index contributed by atoms with van der Waals surface area (Å²) in [5, 5.41) is 59.4. The maximum atomic E-state index is 12.3. The highest BCUT2D eigenvalue weighted by molar-refractivity contribution is 5.89. The number of hydrogen-bond donors (Lipinski definition) is 6. The number of phenols is 1. The topological polar surface area (TPSA) is 228 Å². The molecule has 0 aliphatic carbocycles. The van der Waals surface area contributed by atoms with Crippen molar-refractivity contribution in [2.45, 2.75) is 43.4 Å². The van der Waals surface area contributed by atoms with Crippen LogP contribution in [0.4, 0.5) is 0 Å². The lowest BCUT2D eigenvalue weighted by Crippen LogP contribution is -2.60. The van der Waals surface area contributed by atoms with E-state index in [2.05, 4.69) is 4.74 Å². The van der Waals surface area contributed by atoms with Gasteiger partial charge in [-0.1, -0.05) is 6.07 Å². The second-order valence-electron chi connectivity index (χ2n) is 9.11. The zero-order chi connectivity index (χ0) is 31.0. The average Bonchev–Trinajstić information content (AvgIpc) is 2.97. The van der Waals surface area contributed by atoms with E-state index in [0.717, 1.165) is 19.4 Å². The van der Waals surface area contributed by atoms with Crippen LogP contribution in [0.2, 0.25) is 0 Å². The molecule has 2 aliphatic rings. The van der Waals surface area contributed by atoms with Gasteiger partial charge < -0.3 is 59.1 Å². The lowest BCUT2D eigenvalue weighted by molar-refractivity contribution is -0.327. The molecule has 0 amide bonds. The third-order valence-electron chi connectivity index (χ3n) is 6.48. The number of carbonyl (C=O) groups is 3. The van der Waals surface area contributed by atoms with Gasteiger partial charge in [-0.2, -0.15) is 0 Å². The predicted molar refractivity (Wildman–Crippen MR) is 138 cm³/mol. The minimum Gasteiger partial charge on any atom is -0.504 e. The van der Waals surface area contributed by atoms with Gasteiger partial charge in [-0.05, 0) is 29.8 Å². The van der Waals surface area contributed by atoms with Crippen LogP contribution < -0.4 is 4.74 Å². The molecule has 230 valence electrons. The number of phenolic OH excluding ortho intramolecular Hbond substituents is 1. The van der Waals surface area contributed by atoms with Crippen LogP contribution in [0, 0.1) is 5.92 Å². The van der Waals surface area contributed by atoms with Gasteiger partial charge in [-0.15, -0.1) is 0 Å². The van der Waals surface area contributed by atoms with Gasteiger partial charge in [0.05, 0.1) is 39.1 Å². The van der Waals surface area contributed by atoms with Crippen molar-refractivity contribution in [2.24, 2.45) is 5.92 Å². The number of aliphatic hydroxyl groups is 4. The van der Waals surface area contributed by atoms with Crippen LogP contribution in [0.5, 0.6) is 11.5 Å². The molecule has 1 fully saturated rings. The van der Waals surface area contributed by atoms with E-state index in [0.29, 0.717) is 5.56 Å². The highest BCUT2D eigenvalue weighted by Crippen LogP contribution is 2.36. The number of methoxy groups -OCH3 is 2. The lowest BCUT2D eigenvalue weighted by Gasteiger charge is -2.41. The fourth-order valence-electron chi connectivity index (χ4n) is 4.20. The van der Waals surface area contributed by atoms with Gasteiger partial charge in [0.1, 0.15) is 31.0 Å². The van der Waals surface area contributed by atoms with Crippen molar-refractivity contribution in [3.05, 3.63) is 53.3 Å². The number of carboxylic acid groups (broad SMARTS) is 1. The first-order chi connectivity index (χ1) is 20.0. The van der Waals surface area contributed by atoms with E-state index in [1.807, 2.05) is 0 Å². The third kappa shape index (κ3) is 7.84. The molecule has 0 spiro atoms. The molecule has 0 unspecified atom stereocenters. The Morgan fingerprint density at radius 3 is 2.45 bits per heavy atom. The standard InChI is InChI=1S/C27H32O15/c1-37-18-9-13(3-5-17(18)29)4-6-20(30)39-8-7-14-15(10-21(31)38-2)16(25(35)36)12-40-26(14)42-27-24(34)23(33)22(32)19(11-28)41-27/h3-7,9,12,15,19,22-24,26-29,32-34H,8,10-11H2,1-2H3,(H,35,36)/t15-,19+,22+,23-,24+,26-,27+/m0/s1. The summed E-state index contributed by atoms with van der Waals surface area (Å²) in [7, 11) is 2.47. The Morgan fingerprint density at radius 1 is 1.07 bits per heavy atom. The smallest absolute Gasteiger partial charge is 0.335 e. The molecule has 1 aromatic carbocycles. The number of ether oxygens (including phenoxy) is 6. The Balaban J connectivity index is 1.84. The first-order valence-electron chi connectivity index (χ1n) is 12.5. The fraction of sp³-hybridized carbons (Fsp3) is 0.444. The van der Waals surface area contributed by atoms with Crippen LogP contribution in [0.1, 0.15) is 12.0 Å². The van der Waals surface area contributed by atoms with Gasteiger partial charge in [0.15, 0.2) is 17.8 Å². The summed E-state index contributed by atoms with van der Waals surface area (Å²) in [5.74, 6) is -4.11. The number of esters is 2. The van der Waals surface area contributed by atoms with Crippen molar-refractivity contribution < 1.29 is 73.4 Å². The molecule has 0 radical (unpaired) electrons. The monoisotopic (exact) mass is 596 g/mol. The minimum atomic E-state index is -1.81. The van der Waals surface area contributed by atoms with Gasteiger partial charge in [0.25, 0.3) is 0 Å². The molecule has 15 nitrogen and oxygen atoms in total. The number of carbonyl (C=O) groups excluding carboxylic acids is 2. The number of aliphatic hydroxyl groups excluding tert-OH is 4. The molecule has 15 heteroatoms. The molecule has 42 heavy (non-hydrogen) atoms. The van der Waals surface area contributed by atoms with Gasteiger partial charge in [-0.25, -0.2) is 9.59 Å². The summed E-state index contributed by atoms with van der Waals surface area (Å²) >= 11 is 0. The largest absolute Gasteiger partial charge is 0.504 e. The van der Waals surface area contributed by atoms with Crippen LogP contribution in [0.15, 0.2) is 47.8 Å². The molecule has 0 aromatic heterocycles. The van der Waals surface area contributed by atoms with Crippen molar-refractivity contribution in [3.63, 3.8) is 0 Å². The summed E-state index contributed by atoms with van der Waals surface area (Å²) in [4.78, 5) is 36.4. The van der Waals surface area contributed by atoms with Gasteiger partial charge in [0.2, 0.25) is 6.29 Å². The van der Waals surface area contributed by atoms with Crippen LogP contribution >= 0.6 is 0 Å². The average molecular weight is 597 g/mol. The van der Waals surface area contributed by atoms with Gasteiger partial charge >= 0.3 is 17.9 Å². The van der Waals surface area contributed by atoms with E-state index >= 15 is 0 Å². The summed E-state index contributed by atoms with van der Waals surface area (Å²) < 4.78 is 31.3. The maximum Gasteiger partial charge on any atom is 0.335 e. The molecular weight excluding hydrogens is 564 g/mol. The zero-order valence-corrected chi connectivity index (χ0v) is 22.6. The number of hydrogen-bond acceptors (Lipinski definition) is 14. The number of aliphatic carboxylic acids is 1. The number of rotatable bonds is 11. The van der Waals surface area contributed by atoms with Crippen molar-refractivity contribution in [3.8, 4) is 11.5 Å². The molecule has 2 heterocycles. The predicted octanol–water partition coefficient (Wildman–Crippen LogP) is -0.796. The summed E-state index contributed by atoms with van der Waals surface area (Å²) in [6.07, 6.45) is -5.63. The van der Waals surface area contributed by atoms with Crippen LogP contribution in [0.3, 0.4) is 0 Å². The normalized spacial score (nSPS) is 28.6.